The average Bonchev–Trinajstić information content (AvgIpc) is 3.18. The van der Waals surface area contributed by atoms with Gasteiger partial charge in [-0.1, -0.05) is 35.9 Å². The monoisotopic (exact) mass is 381 g/mol. The number of aliphatic imine (C=N–C) groups is 1. The van der Waals surface area contributed by atoms with Gasteiger partial charge in [0.15, 0.2) is 0 Å². The number of aromatic amines is 1. The topological polar surface area (TPSA) is 102 Å². The molecule has 2 aromatic carbocycles. The highest BCUT2D eigenvalue weighted by Crippen LogP contribution is 2.32. The van der Waals surface area contributed by atoms with E-state index in [2.05, 4.69) is 10.3 Å². The highest BCUT2D eigenvalue weighted by molar-refractivity contribution is 6.31. The van der Waals surface area contributed by atoms with Crippen LogP contribution in [-0.4, -0.2) is 17.0 Å². The molecular formula is C19H12ClN3O4. The molecule has 0 spiro atoms. The van der Waals surface area contributed by atoms with Gasteiger partial charge in [-0.3, -0.25) is 14.3 Å². The van der Waals surface area contributed by atoms with E-state index in [-0.39, 0.29) is 11.3 Å². The summed E-state index contributed by atoms with van der Waals surface area (Å²) in [5.41, 5.74) is 1.31. The zero-order chi connectivity index (χ0) is 19.1. The minimum absolute atomic E-state index is 0.129. The van der Waals surface area contributed by atoms with E-state index in [4.69, 9.17) is 16.1 Å². The maximum Gasteiger partial charge on any atom is 0.439 e. The van der Waals surface area contributed by atoms with Crippen molar-refractivity contribution >= 4 is 34.5 Å². The van der Waals surface area contributed by atoms with E-state index >= 15 is 0 Å². The molecule has 7 nitrogen and oxygen atoms in total. The highest BCUT2D eigenvalue weighted by atomic mass is 35.5. The Morgan fingerprint density at radius 3 is 2.85 bits per heavy atom. The number of ketones is 1. The molecule has 0 saturated carbocycles. The van der Waals surface area contributed by atoms with Crippen molar-refractivity contribution in [3.63, 3.8) is 0 Å². The Hall–Kier alpha value is -3.45. The fourth-order valence-corrected chi connectivity index (χ4v) is 2.98. The Kier molecular flexibility index (Phi) is 4.01. The number of aryl methyl sites for hydroxylation is 1. The van der Waals surface area contributed by atoms with Crippen LogP contribution in [0.15, 0.2) is 62.9 Å². The zero-order valence-corrected chi connectivity index (χ0v) is 14.8. The molecule has 0 aliphatic carbocycles. The number of halogens is 1. The third kappa shape index (κ3) is 2.88. The van der Waals surface area contributed by atoms with E-state index in [1.165, 1.54) is 4.68 Å². The van der Waals surface area contributed by atoms with Gasteiger partial charge in [-0.15, -0.1) is 0 Å². The number of para-hydroxylation sites is 1. The zero-order valence-electron chi connectivity index (χ0n) is 14.0. The normalized spacial score (nSPS) is 14.3. The molecule has 0 bridgehead atoms. The predicted molar refractivity (Wildman–Crippen MR) is 96.5 cm³/mol. The van der Waals surface area contributed by atoms with Gasteiger partial charge in [0.25, 0.3) is 5.78 Å². The number of carbonyl (C=O) groups is 1. The Labute approximate surface area is 157 Å². The fraction of sp³-hybridized carbons (Fsp3) is 0.0526. The molecule has 4 rings (SSSR count). The fourth-order valence-electron chi connectivity index (χ4n) is 2.81. The van der Waals surface area contributed by atoms with Gasteiger partial charge in [0.05, 0.1) is 10.7 Å². The van der Waals surface area contributed by atoms with E-state index < -0.39 is 17.3 Å². The molecule has 0 atom stereocenters. The summed E-state index contributed by atoms with van der Waals surface area (Å²) in [4.78, 5) is 28.8. The first-order valence-corrected chi connectivity index (χ1v) is 8.35. The number of hydrogen-bond acceptors (Lipinski definition) is 5. The molecular weight excluding hydrogens is 370 g/mol. The van der Waals surface area contributed by atoms with Crippen LogP contribution >= 0.6 is 11.6 Å². The van der Waals surface area contributed by atoms with Gasteiger partial charge in [-0.25, -0.2) is 4.79 Å². The average molecular weight is 382 g/mol. The van der Waals surface area contributed by atoms with Crippen LogP contribution in [0.4, 0.5) is 5.69 Å². The number of aromatic nitrogens is 2. The summed E-state index contributed by atoms with van der Waals surface area (Å²) in [7, 11) is 0. The van der Waals surface area contributed by atoms with Crippen LogP contribution in [0.1, 0.15) is 21.6 Å². The SMILES string of the molecule is Cc1ccc(-[n+]2[nH]oc(=O)c2C(=O)/C=C2/C([O-])=Nc3ccccc32)cc1Cl. The molecule has 0 radical (unpaired) electrons. The van der Waals surface area contributed by atoms with Crippen molar-refractivity contribution in [2.45, 2.75) is 6.92 Å². The largest absolute Gasteiger partial charge is 0.858 e. The second-order valence-corrected chi connectivity index (χ2v) is 6.36. The minimum atomic E-state index is -0.857. The second-order valence-electron chi connectivity index (χ2n) is 5.95. The van der Waals surface area contributed by atoms with Crippen LogP contribution in [0, 0.1) is 6.92 Å². The number of nitrogens with zero attached hydrogens (tertiary/aromatic N) is 2. The highest BCUT2D eigenvalue weighted by Gasteiger charge is 2.30. The standard InChI is InChI=1S/C19H12ClN3O4/c1-10-6-7-11(8-14(10)20)23-17(19(26)27-22-23)16(24)9-13-12-4-2-3-5-15(12)21-18(13)25/h2-9H,1H3,(H-,21,22,24,25,26). The van der Waals surface area contributed by atoms with Crippen LogP contribution in [0.3, 0.4) is 0 Å². The van der Waals surface area contributed by atoms with Gasteiger partial charge in [-0.2, -0.15) is 0 Å². The van der Waals surface area contributed by atoms with E-state index in [0.29, 0.717) is 22.0 Å². The van der Waals surface area contributed by atoms with Crippen molar-refractivity contribution < 1.29 is 19.1 Å². The van der Waals surface area contributed by atoms with Gasteiger partial charge in [-0.05, 0) is 40.0 Å². The maximum atomic E-state index is 12.8. The first-order chi connectivity index (χ1) is 13.0. The van der Waals surface area contributed by atoms with E-state index in [0.717, 1.165) is 11.6 Å². The van der Waals surface area contributed by atoms with Gasteiger partial charge in [0.1, 0.15) is 0 Å². The molecule has 134 valence electrons. The first kappa shape index (κ1) is 17.0. The lowest BCUT2D eigenvalue weighted by molar-refractivity contribution is -0.672. The van der Waals surface area contributed by atoms with E-state index in [1.807, 2.05) is 6.92 Å². The quantitative estimate of drug-likeness (QED) is 0.425. The summed E-state index contributed by atoms with van der Waals surface area (Å²) in [6.45, 7) is 1.83. The van der Waals surface area contributed by atoms with Gasteiger partial charge in [0.2, 0.25) is 5.69 Å². The molecule has 1 aromatic heterocycles. The number of H-pyrrole nitrogens is 1. The summed E-state index contributed by atoms with van der Waals surface area (Å²) >= 11 is 6.13. The lowest BCUT2D eigenvalue weighted by Crippen LogP contribution is -2.40. The Morgan fingerprint density at radius 1 is 1.30 bits per heavy atom. The summed E-state index contributed by atoms with van der Waals surface area (Å²) in [6.07, 6.45) is 1.10. The molecule has 0 amide bonds. The molecule has 0 unspecified atom stereocenters. The summed E-state index contributed by atoms with van der Waals surface area (Å²) in [5, 5.41) is 15.0. The first-order valence-electron chi connectivity index (χ1n) is 7.97. The molecule has 1 aliphatic rings. The number of rotatable bonds is 3. The van der Waals surface area contributed by atoms with Gasteiger partial charge in [0, 0.05) is 23.8 Å². The molecule has 27 heavy (non-hydrogen) atoms. The maximum absolute atomic E-state index is 12.8. The van der Waals surface area contributed by atoms with Crippen LogP contribution < -0.4 is 15.4 Å². The van der Waals surface area contributed by atoms with Crippen molar-refractivity contribution in [3.05, 3.63) is 80.8 Å². The second kappa shape index (κ2) is 6.37. The summed E-state index contributed by atoms with van der Waals surface area (Å²) in [5.74, 6) is -1.22. The van der Waals surface area contributed by atoms with Crippen LogP contribution in [0.2, 0.25) is 5.02 Å². The Balaban J connectivity index is 1.80. The third-order valence-electron chi connectivity index (χ3n) is 4.22. The molecule has 0 saturated heterocycles. The smallest absolute Gasteiger partial charge is 0.439 e. The number of benzene rings is 2. The van der Waals surface area contributed by atoms with Crippen LogP contribution in [0.25, 0.3) is 11.3 Å². The van der Waals surface area contributed by atoms with Crippen molar-refractivity contribution in [1.82, 2.24) is 5.27 Å². The molecule has 1 aliphatic heterocycles. The number of allylic oxidation sites excluding steroid dienone is 1. The van der Waals surface area contributed by atoms with Crippen LogP contribution in [0.5, 0.6) is 0 Å². The van der Waals surface area contributed by atoms with E-state index in [9.17, 15) is 14.7 Å². The lowest BCUT2D eigenvalue weighted by atomic mass is 10.0. The number of carbonyl (C=O) groups excluding carboxylic acids is 1. The van der Waals surface area contributed by atoms with Gasteiger partial charge < -0.3 is 5.11 Å². The third-order valence-corrected chi connectivity index (χ3v) is 4.62. The van der Waals surface area contributed by atoms with Crippen LogP contribution in [-0.2, 0) is 0 Å². The Bertz CT molecular complexity index is 1200. The van der Waals surface area contributed by atoms with Crippen molar-refractivity contribution in [2.24, 2.45) is 4.99 Å². The molecule has 3 aromatic rings. The molecule has 1 N–H and O–H groups in total. The lowest BCUT2D eigenvalue weighted by Gasteiger charge is -2.06. The van der Waals surface area contributed by atoms with Crippen molar-refractivity contribution in [2.75, 3.05) is 0 Å². The molecule has 2 heterocycles. The molecule has 8 heteroatoms. The summed E-state index contributed by atoms with van der Waals surface area (Å²) < 4.78 is 5.97. The summed E-state index contributed by atoms with van der Waals surface area (Å²) in [6, 6.07) is 11.9. The Morgan fingerprint density at radius 2 is 2.07 bits per heavy atom. The van der Waals surface area contributed by atoms with Gasteiger partial charge >= 0.3 is 11.3 Å². The number of fused-ring (bicyclic) bond motifs is 1. The number of hydrogen-bond donors (Lipinski definition) is 1. The predicted octanol–water partition coefficient (Wildman–Crippen LogP) is 1.88. The minimum Gasteiger partial charge on any atom is -0.858 e. The molecule has 0 fully saturated rings. The number of nitrogens with one attached hydrogen (secondary N) is 1. The van der Waals surface area contributed by atoms with Crippen molar-refractivity contribution in [1.29, 1.82) is 0 Å². The van der Waals surface area contributed by atoms with Crippen molar-refractivity contribution in [3.8, 4) is 5.69 Å². The van der Waals surface area contributed by atoms with E-state index in [1.54, 1.807) is 42.5 Å².